The molecule has 1 aliphatic rings. The normalized spacial score (nSPS) is 15.3. The first-order valence-corrected chi connectivity index (χ1v) is 6.18. The summed E-state index contributed by atoms with van der Waals surface area (Å²) in [6, 6.07) is 9.74. The molecule has 0 aromatic heterocycles. The molecule has 1 aromatic carbocycles. The van der Waals surface area contributed by atoms with Crippen molar-refractivity contribution in [3.63, 3.8) is 0 Å². The zero-order valence-corrected chi connectivity index (χ0v) is 9.56. The van der Waals surface area contributed by atoms with Crippen molar-refractivity contribution in [1.29, 1.82) is 0 Å². The monoisotopic (exact) mass is 264 g/mol. The van der Waals surface area contributed by atoms with Crippen molar-refractivity contribution in [3.05, 3.63) is 53.0 Å². The summed E-state index contributed by atoms with van der Waals surface area (Å²) in [6.45, 7) is 0. The molecule has 74 valence electrons. The van der Waals surface area contributed by atoms with Gasteiger partial charge in [0.2, 0.25) is 0 Å². The Hall–Kier alpha value is -1.44. The molecule has 0 aliphatic heterocycles. The summed E-state index contributed by atoms with van der Waals surface area (Å²) in [5.74, 6) is -0.138. The molecule has 0 amide bonds. The third-order valence-corrected chi connectivity index (χ3v) is 4.08. The Morgan fingerprint density at radius 1 is 0.933 bits per heavy atom. The van der Waals surface area contributed by atoms with Crippen LogP contribution in [0, 0.1) is 0 Å². The first-order valence-electron chi connectivity index (χ1n) is 4.47. The molecule has 0 saturated carbocycles. The van der Waals surface area contributed by atoms with E-state index in [1.54, 1.807) is 0 Å². The molecule has 2 nitrogen and oxygen atoms in total. The second-order valence-electron chi connectivity index (χ2n) is 3.02. The maximum atomic E-state index is 11.5. The van der Waals surface area contributed by atoms with Gasteiger partial charge in [0.1, 0.15) is 0 Å². The number of ketones is 2. The fourth-order valence-corrected chi connectivity index (χ4v) is 3.05. The molecular formula is C12H8O2Se. The van der Waals surface area contributed by atoms with Gasteiger partial charge in [0.25, 0.3) is 0 Å². The van der Waals surface area contributed by atoms with Crippen LogP contribution in [0.4, 0.5) is 0 Å². The number of hydrogen-bond donors (Lipinski definition) is 0. The second-order valence-corrected chi connectivity index (χ2v) is 5.36. The zero-order valence-electron chi connectivity index (χ0n) is 7.84. The summed E-state index contributed by atoms with van der Waals surface area (Å²) in [7, 11) is 0. The maximum absolute atomic E-state index is 11.5. The van der Waals surface area contributed by atoms with Gasteiger partial charge in [-0.05, 0) is 0 Å². The molecule has 0 bridgehead atoms. The van der Waals surface area contributed by atoms with Crippen molar-refractivity contribution in [2.75, 3.05) is 0 Å². The standard InChI is InChI=1S/C12H8O2Se/c13-9-6-7-11(14)12(8-9)15-10-4-2-1-3-5-10/h1-8H. The van der Waals surface area contributed by atoms with Crippen LogP contribution < -0.4 is 4.46 Å². The summed E-state index contributed by atoms with van der Waals surface area (Å²) in [4.78, 5) is 22.6. The summed E-state index contributed by atoms with van der Waals surface area (Å²) in [6.07, 6.45) is 4.10. The van der Waals surface area contributed by atoms with Crippen LogP contribution in [-0.2, 0) is 9.59 Å². The number of carbonyl (C=O) groups excluding carboxylic acids is 2. The summed E-state index contributed by atoms with van der Waals surface area (Å²) < 4.78 is 1.73. The van der Waals surface area contributed by atoms with Gasteiger partial charge < -0.3 is 0 Å². The number of hydrogen-bond acceptors (Lipinski definition) is 2. The van der Waals surface area contributed by atoms with E-state index in [1.807, 2.05) is 30.3 Å². The Bertz CT molecular complexity index is 458. The summed E-state index contributed by atoms with van der Waals surface area (Å²) in [5, 5.41) is 0. The molecule has 0 radical (unpaired) electrons. The minimum absolute atomic E-state index is 0.0431. The van der Waals surface area contributed by atoms with Crippen molar-refractivity contribution in [3.8, 4) is 0 Å². The Morgan fingerprint density at radius 2 is 1.67 bits per heavy atom. The molecule has 0 heterocycles. The number of rotatable bonds is 2. The van der Waals surface area contributed by atoms with E-state index in [-0.39, 0.29) is 26.5 Å². The molecule has 0 N–H and O–H groups in total. The van der Waals surface area contributed by atoms with Gasteiger partial charge >= 0.3 is 93.6 Å². The number of allylic oxidation sites excluding steroid dienone is 4. The quantitative estimate of drug-likeness (QED) is 0.578. The van der Waals surface area contributed by atoms with Gasteiger partial charge in [-0.25, -0.2) is 0 Å². The van der Waals surface area contributed by atoms with Crippen molar-refractivity contribution < 1.29 is 9.59 Å². The van der Waals surface area contributed by atoms with E-state index < -0.39 is 0 Å². The predicted octanol–water partition coefficient (Wildman–Crippen LogP) is 0.608. The third-order valence-electron chi connectivity index (χ3n) is 1.89. The van der Waals surface area contributed by atoms with Crippen LogP contribution in [0.15, 0.2) is 53.0 Å². The Labute approximate surface area is 93.8 Å². The van der Waals surface area contributed by atoms with E-state index in [9.17, 15) is 9.59 Å². The predicted molar refractivity (Wildman–Crippen MR) is 59.1 cm³/mol. The summed E-state index contributed by atoms with van der Waals surface area (Å²) in [5.41, 5.74) is 0. The van der Waals surface area contributed by atoms with Crippen molar-refractivity contribution >= 4 is 31.0 Å². The van der Waals surface area contributed by atoms with Crippen LogP contribution in [0.25, 0.3) is 0 Å². The fraction of sp³-hybridized carbons (Fsp3) is 0. The Balaban J connectivity index is 2.19. The molecule has 0 atom stereocenters. The average molecular weight is 263 g/mol. The molecular weight excluding hydrogens is 255 g/mol. The second kappa shape index (κ2) is 4.39. The first-order chi connectivity index (χ1) is 7.25. The van der Waals surface area contributed by atoms with Crippen LogP contribution in [0.3, 0.4) is 0 Å². The Kier molecular flexibility index (Phi) is 2.95. The Morgan fingerprint density at radius 3 is 2.40 bits per heavy atom. The molecule has 0 unspecified atom stereocenters. The van der Waals surface area contributed by atoms with Gasteiger partial charge in [0.15, 0.2) is 0 Å². The van der Waals surface area contributed by atoms with Gasteiger partial charge in [0.05, 0.1) is 0 Å². The van der Waals surface area contributed by atoms with E-state index in [4.69, 9.17) is 0 Å². The zero-order chi connectivity index (χ0) is 10.7. The first kappa shape index (κ1) is 10.1. The summed E-state index contributed by atoms with van der Waals surface area (Å²) >= 11 is -0.0707. The van der Waals surface area contributed by atoms with Crippen molar-refractivity contribution in [1.82, 2.24) is 0 Å². The van der Waals surface area contributed by atoms with E-state index in [2.05, 4.69) is 0 Å². The van der Waals surface area contributed by atoms with Crippen LogP contribution >= 0.6 is 0 Å². The van der Waals surface area contributed by atoms with Gasteiger partial charge in [-0.15, -0.1) is 0 Å². The van der Waals surface area contributed by atoms with Crippen molar-refractivity contribution in [2.45, 2.75) is 0 Å². The molecule has 1 aliphatic carbocycles. The SMILES string of the molecule is O=C1C=CC(=O)C([Se]c2ccccc2)=C1. The molecule has 15 heavy (non-hydrogen) atoms. The molecule has 3 heteroatoms. The number of carbonyl (C=O) groups is 2. The molecule has 0 saturated heterocycles. The minimum atomic E-state index is -0.0950. The van der Waals surface area contributed by atoms with Crippen LogP contribution in [0.2, 0.25) is 0 Å². The van der Waals surface area contributed by atoms with E-state index in [1.165, 1.54) is 18.2 Å². The topological polar surface area (TPSA) is 34.1 Å². The van der Waals surface area contributed by atoms with Crippen molar-refractivity contribution in [2.24, 2.45) is 0 Å². The van der Waals surface area contributed by atoms with E-state index in [0.29, 0.717) is 4.47 Å². The van der Waals surface area contributed by atoms with Gasteiger partial charge in [-0.1, -0.05) is 0 Å². The third kappa shape index (κ3) is 2.52. The van der Waals surface area contributed by atoms with Crippen LogP contribution in [0.5, 0.6) is 0 Å². The molecule has 1 aromatic rings. The fourth-order valence-electron chi connectivity index (χ4n) is 1.18. The average Bonchev–Trinajstić information content (AvgIpc) is 2.25. The van der Waals surface area contributed by atoms with Gasteiger partial charge in [0, 0.05) is 0 Å². The molecule has 0 spiro atoms. The molecule has 0 fully saturated rings. The molecule has 2 rings (SSSR count). The van der Waals surface area contributed by atoms with E-state index in [0.717, 1.165) is 4.46 Å². The van der Waals surface area contributed by atoms with Gasteiger partial charge in [-0.3, -0.25) is 0 Å². The van der Waals surface area contributed by atoms with Crippen LogP contribution in [-0.4, -0.2) is 26.5 Å². The van der Waals surface area contributed by atoms with E-state index >= 15 is 0 Å². The van der Waals surface area contributed by atoms with Crippen LogP contribution in [0.1, 0.15) is 0 Å². The number of benzene rings is 1. The van der Waals surface area contributed by atoms with Gasteiger partial charge in [-0.2, -0.15) is 0 Å².